The molecule has 19 heavy (non-hydrogen) atoms. The Kier molecular flexibility index (Phi) is 4.41. The molecule has 0 N–H and O–H groups in total. The number of rotatable bonds is 2. The first-order valence-corrected chi connectivity index (χ1v) is 10.6. The predicted molar refractivity (Wildman–Crippen MR) is 78.8 cm³/mol. The van der Waals surface area contributed by atoms with Gasteiger partial charge in [-0.3, -0.25) is 0 Å². The zero-order valence-corrected chi connectivity index (χ0v) is 14.3. The van der Waals surface area contributed by atoms with E-state index in [9.17, 15) is 16.8 Å². The van der Waals surface area contributed by atoms with Crippen LogP contribution in [0.4, 0.5) is 0 Å². The molecule has 5 nitrogen and oxygen atoms in total. The average Bonchev–Trinajstić information content (AvgIpc) is 2.54. The van der Waals surface area contributed by atoms with E-state index in [2.05, 4.69) is 15.9 Å². The van der Waals surface area contributed by atoms with Gasteiger partial charge in [0.25, 0.3) is 10.0 Å². The summed E-state index contributed by atoms with van der Waals surface area (Å²) in [5, 5.41) is 0. The zero-order valence-electron chi connectivity index (χ0n) is 10.3. The summed E-state index contributed by atoms with van der Waals surface area (Å²) in [7, 11) is -6.69. The molecule has 1 fully saturated rings. The fourth-order valence-electron chi connectivity index (χ4n) is 1.84. The summed E-state index contributed by atoms with van der Waals surface area (Å²) in [5.41, 5.74) is 0.867. The van der Waals surface area contributed by atoms with E-state index in [0.717, 1.165) is 20.7 Å². The fraction of sp³-hybridized carbons (Fsp3) is 0.600. The minimum Gasteiger partial charge on any atom is -0.229 e. The van der Waals surface area contributed by atoms with Gasteiger partial charge in [0.1, 0.15) is 4.21 Å². The Morgan fingerprint density at radius 2 is 2.00 bits per heavy atom. The van der Waals surface area contributed by atoms with Gasteiger partial charge in [-0.15, -0.1) is 11.3 Å². The van der Waals surface area contributed by atoms with Gasteiger partial charge < -0.3 is 0 Å². The minimum absolute atomic E-state index is 0.0409. The van der Waals surface area contributed by atoms with Crippen molar-refractivity contribution in [1.29, 1.82) is 0 Å². The number of sulfone groups is 1. The summed E-state index contributed by atoms with van der Waals surface area (Å²) < 4.78 is 50.2. The van der Waals surface area contributed by atoms with Gasteiger partial charge in [0.05, 0.1) is 15.3 Å². The summed E-state index contributed by atoms with van der Waals surface area (Å²) in [4.78, 5) is 0. The summed E-state index contributed by atoms with van der Waals surface area (Å²) in [6, 6.07) is 1.61. The van der Waals surface area contributed by atoms with Crippen LogP contribution in [0.25, 0.3) is 0 Å². The Labute approximate surface area is 125 Å². The van der Waals surface area contributed by atoms with E-state index in [4.69, 9.17) is 0 Å². The Bertz CT molecular complexity index is 658. The van der Waals surface area contributed by atoms with Gasteiger partial charge >= 0.3 is 0 Å². The molecule has 2 heterocycles. The molecule has 0 bridgehead atoms. The molecule has 1 aromatic rings. The summed E-state index contributed by atoms with van der Waals surface area (Å²) in [6.45, 7) is 2.13. The SMILES string of the molecule is Cc1cc(S(=O)(=O)N2CCCS(=O)(=O)CC2)sc1Br. The molecule has 108 valence electrons. The summed E-state index contributed by atoms with van der Waals surface area (Å²) in [6.07, 6.45) is 0.354. The summed E-state index contributed by atoms with van der Waals surface area (Å²) >= 11 is 4.46. The van der Waals surface area contributed by atoms with Crippen LogP contribution in [0.2, 0.25) is 0 Å². The second-order valence-electron chi connectivity index (χ2n) is 4.43. The standard InChI is InChI=1S/C10H14BrNO4S3/c1-8-7-9(17-10(8)11)19(15,16)12-3-2-5-18(13,14)6-4-12/h7H,2-6H2,1H3. The van der Waals surface area contributed by atoms with Gasteiger partial charge in [-0.25, -0.2) is 16.8 Å². The van der Waals surface area contributed by atoms with E-state index in [0.29, 0.717) is 6.42 Å². The van der Waals surface area contributed by atoms with E-state index in [1.807, 2.05) is 6.92 Å². The van der Waals surface area contributed by atoms with Crippen LogP contribution in [-0.4, -0.2) is 45.7 Å². The molecule has 1 aliphatic heterocycles. The fourth-order valence-corrected chi connectivity index (χ4v) is 7.09. The lowest BCUT2D eigenvalue weighted by Gasteiger charge is -2.17. The van der Waals surface area contributed by atoms with Crippen molar-refractivity contribution in [2.45, 2.75) is 17.6 Å². The first-order valence-electron chi connectivity index (χ1n) is 5.69. The van der Waals surface area contributed by atoms with Crippen LogP contribution in [0, 0.1) is 6.92 Å². The number of halogens is 1. The van der Waals surface area contributed by atoms with E-state index in [1.54, 1.807) is 6.07 Å². The smallest absolute Gasteiger partial charge is 0.229 e. The monoisotopic (exact) mass is 387 g/mol. The third-order valence-electron chi connectivity index (χ3n) is 2.94. The van der Waals surface area contributed by atoms with Crippen LogP contribution in [0.1, 0.15) is 12.0 Å². The highest BCUT2D eigenvalue weighted by atomic mass is 79.9. The van der Waals surface area contributed by atoms with Crippen molar-refractivity contribution in [3.8, 4) is 0 Å². The van der Waals surface area contributed by atoms with Gasteiger partial charge in [0, 0.05) is 13.1 Å². The Hall–Kier alpha value is 0.0400. The second-order valence-corrected chi connectivity index (χ2v) is 11.3. The zero-order chi connectivity index (χ0) is 14.3. The molecule has 0 atom stereocenters. The molecule has 0 aromatic carbocycles. The van der Waals surface area contributed by atoms with Crippen molar-refractivity contribution >= 4 is 47.1 Å². The van der Waals surface area contributed by atoms with Gasteiger partial charge in [0.2, 0.25) is 0 Å². The molecule has 0 radical (unpaired) electrons. The van der Waals surface area contributed by atoms with Crippen molar-refractivity contribution in [1.82, 2.24) is 4.31 Å². The van der Waals surface area contributed by atoms with Crippen LogP contribution in [0.5, 0.6) is 0 Å². The highest BCUT2D eigenvalue weighted by Gasteiger charge is 2.30. The lowest BCUT2D eigenvalue weighted by atomic mass is 10.4. The molecule has 0 amide bonds. The normalized spacial score (nSPS) is 21.2. The molecular formula is C10H14BrNO4S3. The van der Waals surface area contributed by atoms with Crippen molar-refractivity contribution < 1.29 is 16.8 Å². The minimum atomic E-state index is -3.58. The predicted octanol–water partition coefficient (Wildman–Crippen LogP) is 1.63. The second kappa shape index (κ2) is 5.44. The van der Waals surface area contributed by atoms with Crippen molar-refractivity contribution in [3.05, 3.63) is 15.4 Å². The largest absolute Gasteiger partial charge is 0.252 e. The van der Waals surface area contributed by atoms with Crippen molar-refractivity contribution in [2.24, 2.45) is 0 Å². The number of hydrogen-bond acceptors (Lipinski definition) is 5. The topological polar surface area (TPSA) is 71.5 Å². The van der Waals surface area contributed by atoms with Gasteiger partial charge in [-0.2, -0.15) is 4.31 Å². The van der Waals surface area contributed by atoms with Crippen molar-refractivity contribution in [2.75, 3.05) is 24.6 Å². The third kappa shape index (κ3) is 3.38. The first-order chi connectivity index (χ1) is 8.72. The van der Waals surface area contributed by atoms with Crippen LogP contribution < -0.4 is 0 Å². The Balaban J connectivity index is 2.30. The van der Waals surface area contributed by atoms with Crippen molar-refractivity contribution in [3.63, 3.8) is 0 Å². The van der Waals surface area contributed by atoms with Gasteiger partial charge in [-0.1, -0.05) is 0 Å². The average molecular weight is 388 g/mol. The number of thiophene rings is 1. The molecule has 0 saturated carbocycles. The molecular weight excluding hydrogens is 374 g/mol. The maximum atomic E-state index is 12.4. The van der Waals surface area contributed by atoms with E-state index < -0.39 is 19.9 Å². The van der Waals surface area contributed by atoms with Gasteiger partial charge in [0.15, 0.2) is 9.84 Å². The molecule has 0 unspecified atom stereocenters. The highest BCUT2D eigenvalue weighted by Crippen LogP contribution is 2.32. The lowest BCUT2D eigenvalue weighted by molar-refractivity contribution is 0.436. The molecule has 1 saturated heterocycles. The summed E-state index contributed by atoms with van der Waals surface area (Å²) in [5.74, 6) is -0.0378. The maximum Gasteiger partial charge on any atom is 0.252 e. The molecule has 0 spiro atoms. The van der Waals surface area contributed by atoms with Gasteiger partial charge in [-0.05, 0) is 40.9 Å². The maximum absolute atomic E-state index is 12.4. The number of aryl methyl sites for hydroxylation is 1. The van der Waals surface area contributed by atoms with E-state index in [1.165, 1.54) is 4.31 Å². The molecule has 9 heteroatoms. The first kappa shape index (κ1) is 15.4. The van der Waals surface area contributed by atoms with Crippen LogP contribution in [0.15, 0.2) is 14.1 Å². The molecule has 1 aliphatic rings. The van der Waals surface area contributed by atoms with Crippen LogP contribution >= 0.6 is 27.3 Å². The molecule has 0 aliphatic carbocycles. The quantitative estimate of drug-likeness (QED) is 0.772. The molecule has 1 aromatic heterocycles. The Morgan fingerprint density at radius 3 is 2.58 bits per heavy atom. The van der Waals surface area contributed by atoms with E-state index in [-0.39, 0.29) is 28.8 Å². The van der Waals surface area contributed by atoms with E-state index >= 15 is 0 Å². The lowest BCUT2D eigenvalue weighted by Crippen LogP contribution is -2.33. The van der Waals surface area contributed by atoms with Crippen LogP contribution in [0.3, 0.4) is 0 Å². The number of sulfonamides is 1. The highest BCUT2D eigenvalue weighted by molar-refractivity contribution is 9.11. The molecule has 2 rings (SSSR count). The number of hydrogen-bond donors (Lipinski definition) is 0. The Morgan fingerprint density at radius 1 is 1.32 bits per heavy atom. The number of nitrogens with zero attached hydrogens (tertiary/aromatic N) is 1. The third-order valence-corrected chi connectivity index (χ3v) is 9.14. The van der Waals surface area contributed by atoms with Crippen LogP contribution in [-0.2, 0) is 19.9 Å².